The molecule has 0 aromatic carbocycles. The van der Waals surface area contributed by atoms with E-state index in [1.54, 1.807) is 6.92 Å². The van der Waals surface area contributed by atoms with Crippen LogP contribution >= 0.6 is 0 Å². The van der Waals surface area contributed by atoms with Crippen LogP contribution in [0.4, 0.5) is 0 Å². The monoisotopic (exact) mass is 257 g/mol. The van der Waals surface area contributed by atoms with Gasteiger partial charge >= 0.3 is 11.9 Å². The van der Waals surface area contributed by atoms with Crippen LogP contribution in [0, 0.1) is 6.10 Å². The zero-order chi connectivity index (χ0) is 12.0. The maximum Gasteiger partial charge on any atom is 0.333 e. The number of carbonyl (C=O) groups excluding carboxylic acids is 2. The molecule has 0 N–H and O–H groups in total. The highest BCUT2D eigenvalue weighted by molar-refractivity contribution is 5.87. The van der Waals surface area contributed by atoms with Crippen LogP contribution in [0.5, 0.6) is 0 Å². The van der Waals surface area contributed by atoms with Gasteiger partial charge in [-0.1, -0.05) is 21.4 Å². The molecule has 0 amide bonds. The number of ether oxygens (including phenoxy) is 2. The van der Waals surface area contributed by atoms with Crippen molar-refractivity contribution in [1.29, 1.82) is 0 Å². The predicted octanol–water partition coefficient (Wildman–Crippen LogP) is 3.42. The van der Waals surface area contributed by atoms with E-state index in [9.17, 15) is 9.59 Å². The van der Waals surface area contributed by atoms with Crippen LogP contribution in [-0.4, -0.2) is 18.5 Å². The lowest BCUT2D eigenvalue weighted by Gasteiger charge is -2.14. The summed E-state index contributed by atoms with van der Waals surface area (Å²) in [7, 11) is 0. The summed E-state index contributed by atoms with van der Waals surface area (Å²) in [6.45, 7) is 5.42. The molecule has 1 aliphatic heterocycles. The Morgan fingerprint density at radius 3 is 2.44 bits per heavy atom. The van der Waals surface area contributed by atoms with Gasteiger partial charge in [0.2, 0.25) is 0 Å². The van der Waals surface area contributed by atoms with E-state index < -0.39 is 5.97 Å². The second-order valence-electron chi connectivity index (χ2n) is 3.89. The molecule has 0 saturated carbocycles. The third-order valence-electron chi connectivity index (χ3n) is 2.32. The Morgan fingerprint density at radius 2 is 1.83 bits per heavy atom. The van der Waals surface area contributed by atoms with E-state index in [-0.39, 0.29) is 27.4 Å². The zero-order valence-corrected chi connectivity index (χ0v) is 9.58. The van der Waals surface area contributed by atoms with E-state index in [1.165, 1.54) is 0 Å². The van der Waals surface area contributed by atoms with Gasteiger partial charge < -0.3 is 9.47 Å². The first-order valence-corrected chi connectivity index (χ1v) is 5.47. The predicted molar refractivity (Wildman–Crippen MR) is 71.7 cm³/mol. The number of hydrogen-bond donors (Lipinski definition) is 0. The summed E-state index contributed by atoms with van der Waals surface area (Å²) in [5, 5.41) is 0. The van der Waals surface area contributed by atoms with Crippen molar-refractivity contribution in [1.82, 2.24) is 0 Å². The number of carbonyl (C=O) groups is 2. The number of esters is 2. The van der Waals surface area contributed by atoms with Crippen LogP contribution in [0.25, 0.3) is 0 Å². The normalized spacial score (nSPS) is 16.8. The fourth-order valence-electron chi connectivity index (χ4n) is 1.39. The van der Waals surface area contributed by atoms with E-state index in [1.807, 2.05) is 0 Å². The molecule has 0 atom stereocenters. The van der Waals surface area contributed by atoms with E-state index in [0.29, 0.717) is 30.9 Å². The molecule has 18 heavy (non-hydrogen) atoms. The molecule has 0 spiro atoms. The van der Waals surface area contributed by atoms with Crippen LogP contribution in [0.2, 0.25) is 0 Å². The molecule has 1 radical (unpaired) electrons. The molecule has 0 aromatic heterocycles. The van der Waals surface area contributed by atoms with Crippen LogP contribution in [0.1, 0.15) is 53.9 Å². The lowest BCUT2D eigenvalue weighted by Crippen LogP contribution is -2.13. The summed E-state index contributed by atoms with van der Waals surface area (Å²) in [6.07, 6.45) is 3.94. The van der Waals surface area contributed by atoms with Gasteiger partial charge in [-0.05, 0) is 26.2 Å². The van der Waals surface area contributed by atoms with Crippen molar-refractivity contribution >= 4 is 11.9 Å². The first-order valence-electron chi connectivity index (χ1n) is 5.47. The van der Waals surface area contributed by atoms with Gasteiger partial charge in [-0.2, -0.15) is 0 Å². The molecule has 0 aliphatic carbocycles. The molecule has 1 heterocycles. The summed E-state index contributed by atoms with van der Waals surface area (Å²) in [5.74, 6) is -0.576. The first kappa shape index (κ1) is 19.0. The Hall–Kier alpha value is -1.32. The van der Waals surface area contributed by atoms with Gasteiger partial charge in [0.05, 0.1) is 6.61 Å². The second-order valence-corrected chi connectivity index (χ2v) is 3.89. The number of cyclic esters (lactones) is 1. The van der Waals surface area contributed by atoms with Crippen molar-refractivity contribution in [2.24, 2.45) is 0 Å². The quantitative estimate of drug-likeness (QED) is 0.562. The lowest BCUT2D eigenvalue weighted by atomic mass is 10.1. The molecule has 1 rings (SSSR count). The molecule has 4 nitrogen and oxygen atoms in total. The minimum Gasteiger partial charge on any atom is -0.466 e. The standard InChI is InChI=1S/C12H17O4.2CH4/c1-9(2)12(14)16-10-5-3-4-6-11(13)15-8-7-10;;/h1,3-8H2,2H3;2*1H4. The average Bonchev–Trinajstić information content (AvgIpc) is 2.31. The molecule has 1 aliphatic rings. The molecule has 105 valence electrons. The zero-order valence-electron chi connectivity index (χ0n) is 9.58. The molecule has 0 aromatic rings. The summed E-state index contributed by atoms with van der Waals surface area (Å²) >= 11 is 0. The van der Waals surface area contributed by atoms with Crippen molar-refractivity contribution in [3.05, 3.63) is 18.3 Å². The smallest absolute Gasteiger partial charge is 0.333 e. The highest BCUT2D eigenvalue weighted by atomic mass is 16.6. The van der Waals surface area contributed by atoms with Crippen molar-refractivity contribution in [2.45, 2.75) is 53.9 Å². The van der Waals surface area contributed by atoms with Crippen molar-refractivity contribution in [3.63, 3.8) is 0 Å². The third-order valence-corrected chi connectivity index (χ3v) is 2.32. The second kappa shape index (κ2) is 9.68. The molecule has 1 fully saturated rings. The molecule has 4 heteroatoms. The highest BCUT2D eigenvalue weighted by Gasteiger charge is 2.19. The van der Waals surface area contributed by atoms with Gasteiger partial charge in [-0.25, -0.2) is 4.79 Å². The Kier molecular flexibility index (Phi) is 10.2. The fourth-order valence-corrected chi connectivity index (χ4v) is 1.39. The molecule has 1 saturated heterocycles. The maximum absolute atomic E-state index is 11.3. The highest BCUT2D eigenvalue weighted by Crippen LogP contribution is 2.21. The van der Waals surface area contributed by atoms with Crippen LogP contribution in [-0.2, 0) is 19.1 Å². The maximum atomic E-state index is 11.3. The lowest BCUT2D eigenvalue weighted by molar-refractivity contribution is -0.144. The van der Waals surface area contributed by atoms with E-state index in [4.69, 9.17) is 9.47 Å². The van der Waals surface area contributed by atoms with Crippen LogP contribution < -0.4 is 0 Å². The Morgan fingerprint density at radius 1 is 1.22 bits per heavy atom. The number of rotatable bonds is 2. The fraction of sp³-hybridized carbons (Fsp3) is 0.643. The first-order chi connectivity index (χ1) is 7.59. The SMILES string of the molecule is C.C.C=C(C)C(=O)O[C]1CCCCC(=O)OCC1. The van der Waals surface area contributed by atoms with Gasteiger partial charge in [0.15, 0.2) is 6.10 Å². The molecule has 0 bridgehead atoms. The van der Waals surface area contributed by atoms with Crippen molar-refractivity contribution < 1.29 is 19.1 Å². The Bertz CT molecular complexity index is 284. The van der Waals surface area contributed by atoms with Crippen molar-refractivity contribution in [3.8, 4) is 0 Å². The summed E-state index contributed by atoms with van der Waals surface area (Å²) < 4.78 is 10.1. The third kappa shape index (κ3) is 7.09. The summed E-state index contributed by atoms with van der Waals surface area (Å²) in [5.41, 5.74) is 0.379. The van der Waals surface area contributed by atoms with Gasteiger partial charge in [0, 0.05) is 18.4 Å². The van der Waals surface area contributed by atoms with Crippen LogP contribution in [0.3, 0.4) is 0 Å². The molecular formula is C14H25O4. The Labute approximate surface area is 110 Å². The average molecular weight is 257 g/mol. The Balaban J connectivity index is 0. The van der Waals surface area contributed by atoms with E-state index in [0.717, 1.165) is 12.8 Å². The van der Waals surface area contributed by atoms with E-state index in [2.05, 4.69) is 6.58 Å². The van der Waals surface area contributed by atoms with Crippen molar-refractivity contribution in [2.75, 3.05) is 6.61 Å². The largest absolute Gasteiger partial charge is 0.466 e. The summed E-state index contributed by atoms with van der Waals surface area (Å²) in [6, 6.07) is 0. The summed E-state index contributed by atoms with van der Waals surface area (Å²) in [4.78, 5) is 22.4. The minimum absolute atomic E-state index is 0. The van der Waals surface area contributed by atoms with Gasteiger partial charge in [-0.3, -0.25) is 4.79 Å². The molecular weight excluding hydrogens is 232 g/mol. The topological polar surface area (TPSA) is 52.6 Å². The van der Waals surface area contributed by atoms with Gasteiger partial charge in [0.25, 0.3) is 0 Å². The van der Waals surface area contributed by atoms with Gasteiger partial charge in [0.1, 0.15) is 0 Å². The van der Waals surface area contributed by atoms with Gasteiger partial charge in [-0.15, -0.1) is 0 Å². The van der Waals surface area contributed by atoms with Crippen LogP contribution in [0.15, 0.2) is 12.2 Å². The van der Waals surface area contributed by atoms with E-state index >= 15 is 0 Å². The number of hydrogen-bond acceptors (Lipinski definition) is 4. The molecule has 0 unspecified atom stereocenters. The minimum atomic E-state index is -0.402.